The third kappa shape index (κ3) is 2.41. The first kappa shape index (κ1) is 15.5. The summed E-state index contributed by atoms with van der Waals surface area (Å²) in [6, 6.07) is 5.53. The van der Waals surface area contributed by atoms with Gasteiger partial charge in [0.2, 0.25) is 0 Å². The number of imidazole rings is 1. The van der Waals surface area contributed by atoms with Gasteiger partial charge in [-0.3, -0.25) is 9.20 Å². The van der Waals surface area contributed by atoms with Gasteiger partial charge < -0.3 is 10.1 Å². The number of nitrogens with one attached hydrogen (secondary N) is 1. The minimum atomic E-state index is -0.637. The van der Waals surface area contributed by atoms with Gasteiger partial charge in [0.1, 0.15) is 6.33 Å². The maximum absolute atomic E-state index is 12.5. The molecule has 1 saturated carbocycles. The van der Waals surface area contributed by atoms with Crippen molar-refractivity contribution in [2.75, 3.05) is 0 Å². The molecule has 9 heteroatoms. The van der Waals surface area contributed by atoms with Crippen LogP contribution in [0.3, 0.4) is 0 Å². The van der Waals surface area contributed by atoms with E-state index in [4.69, 9.17) is 11.6 Å². The van der Waals surface area contributed by atoms with Crippen LogP contribution in [0.25, 0.3) is 22.4 Å². The molecule has 0 aliphatic heterocycles. The smallest absolute Gasteiger partial charge is 0.259 e. The monoisotopic (exact) mass is 370 g/mol. The lowest BCUT2D eigenvalue weighted by atomic mass is 10.1. The van der Waals surface area contributed by atoms with Crippen molar-refractivity contribution in [2.45, 2.75) is 30.7 Å². The Balaban J connectivity index is 1.64. The van der Waals surface area contributed by atoms with E-state index in [0.29, 0.717) is 34.8 Å². The number of aliphatic hydroxyl groups is 1. The second kappa shape index (κ2) is 5.39. The Labute approximate surface area is 152 Å². The molecule has 0 amide bonds. The van der Waals surface area contributed by atoms with Crippen LogP contribution >= 0.6 is 11.6 Å². The molecule has 5 rings (SSSR count). The molecule has 2 N–H and O–H groups in total. The van der Waals surface area contributed by atoms with E-state index in [2.05, 4.69) is 20.3 Å². The first-order chi connectivity index (χ1) is 12.6. The third-order valence-corrected chi connectivity index (χ3v) is 5.10. The Hall–Kier alpha value is -2.71. The molecular formula is C17H15ClN6O2. The van der Waals surface area contributed by atoms with Crippen LogP contribution in [0.5, 0.6) is 0 Å². The molecule has 0 radical (unpaired) electrons. The predicted octanol–water partition coefficient (Wildman–Crippen LogP) is 1.56. The molecule has 132 valence electrons. The number of fused-ring (bicyclic) bond motifs is 3. The molecule has 0 atom stereocenters. The molecular weight excluding hydrogens is 356 g/mol. The molecule has 0 unspecified atom stereocenters. The second-order valence-corrected chi connectivity index (χ2v) is 7.05. The summed E-state index contributed by atoms with van der Waals surface area (Å²) in [7, 11) is 0. The maximum Gasteiger partial charge on any atom is 0.259 e. The van der Waals surface area contributed by atoms with E-state index in [-0.39, 0.29) is 5.56 Å². The first-order valence-electron chi connectivity index (χ1n) is 8.28. The Bertz CT molecular complexity index is 1200. The maximum atomic E-state index is 12.5. The van der Waals surface area contributed by atoms with Crippen LogP contribution in [0.2, 0.25) is 0 Å². The van der Waals surface area contributed by atoms with Crippen molar-refractivity contribution in [2.24, 2.45) is 0 Å². The SMILES string of the molecule is O=c1[nH]c2c(-n3cc(CC4(O)CC4)nn3)ncn2c2ccc(CCl)cc12. The summed E-state index contributed by atoms with van der Waals surface area (Å²) in [5.41, 5.74) is 1.99. The fraction of sp³-hybridized carbons (Fsp3) is 0.294. The fourth-order valence-corrected chi connectivity index (χ4v) is 3.35. The lowest BCUT2D eigenvalue weighted by Gasteiger charge is -2.04. The number of halogens is 1. The average Bonchev–Trinajstić information content (AvgIpc) is 3.03. The van der Waals surface area contributed by atoms with Crippen molar-refractivity contribution in [3.8, 4) is 5.82 Å². The molecule has 26 heavy (non-hydrogen) atoms. The van der Waals surface area contributed by atoms with Gasteiger partial charge in [-0.15, -0.1) is 16.7 Å². The Morgan fingerprint density at radius 1 is 1.35 bits per heavy atom. The van der Waals surface area contributed by atoms with Crippen LogP contribution in [-0.4, -0.2) is 40.1 Å². The van der Waals surface area contributed by atoms with Gasteiger partial charge in [0.15, 0.2) is 11.5 Å². The highest BCUT2D eigenvalue weighted by atomic mass is 35.5. The van der Waals surface area contributed by atoms with Gasteiger partial charge in [-0.1, -0.05) is 11.3 Å². The van der Waals surface area contributed by atoms with Crippen molar-refractivity contribution in [3.63, 3.8) is 0 Å². The van der Waals surface area contributed by atoms with Crippen LogP contribution in [0.1, 0.15) is 24.1 Å². The van der Waals surface area contributed by atoms with Gasteiger partial charge in [0, 0.05) is 12.3 Å². The van der Waals surface area contributed by atoms with Crippen LogP contribution in [0.15, 0.2) is 35.5 Å². The van der Waals surface area contributed by atoms with Crippen LogP contribution in [-0.2, 0) is 12.3 Å². The van der Waals surface area contributed by atoms with E-state index in [9.17, 15) is 9.90 Å². The van der Waals surface area contributed by atoms with E-state index in [1.165, 1.54) is 4.68 Å². The van der Waals surface area contributed by atoms with E-state index in [1.54, 1.807) is 23.0 Å². The van der Waals surface area contributed by atoms with Gasteiger partial charge in [-0.2, -0.15) is 4.68 Å². The molecule has 0 saturated heterocycles. The molecule has 0 bridgehead atoms. The van der Waals surface area contributed by atoms with Crippen molar-refractivity contribution < 1.29 is 5.11 Å². The first-order valence-corrected chi connectivity index (χ1v) is 8.82. The van der Waals surface area contributed by atoms with Crippen molar-refractivity contribution >= 4 is 28.2 Å². The molecule has 4 aromatic rings. The summed E-state index contributed by atoms with van der Waals surface area (Å²) in [5.74, 6) is 0.823. The summed E-state index contributed by atoms with van der Waals surface area (Å²) < 4.78 is 3.32. The van der Waals surface area contributed by atoms with Gasteiger partial charge in [-0.05, 0) is 30.5 Å². The predicted molar refractivity (Wildman–Crippen MR) is 95.7 cm³/mol. The molecule has 1 aromatic carbocycles. The molecule has 1 fully saturated rings. The van der Waals surface area contributed by atoms with Gasteiger partial charge >= 0.3 is 0 Å². The average molecular weight is 371 g/mol. The zero-order chi connectivity index (χ0) is 17.9. The van der Waals surface area contributed by atoms with E-state index in [0.717, 1.165) is 23.9 Å². The van der Waals surface area contributed by atoms with Crippen molar-refractivity contribution in [3.05, 3.63) is 52.3 Å². The standard InChI is InChI=1S/C17H15ClN6O2/c18-7-10-1-2-13-12(5-10)16(25)20-15-14(19-9-23(13)15)24-8-11(21-22-24)6-17(26)3-4-17/h1-2,5,8-9,26H,3-4,6-7H2,(H,20,25). The highest BCUT2D eigenvalue weighted by molar-refractivity contribution is 6.17. The topological polar surface area (TPSA) is 101 Å². The number of hydrogen-bond acceptors (Lipinski definition) is 5. The molecule has 3 aromatic heterocycles. The van der Waals surface area contributed by atoms with Gasteiger partial charge in [0.05, 0.1) is 28.4 Å². The highest BCUT2D eigenvalue weighted by Crippen LogP contribution is 2.37. The number of nitrogens with zero attached hydrogens (tertiary/aromatic N) is 5. The van der Waals surface area contributed by atoms with E-state index in [1.807, 2.05) is 12.1 Å². The molecule has 1 aliphatic rings. The molecule has 1 aliphatic carbocycles. The molecule has 8 nitrogen and oxygen atoms in total. The number of H-pyrrole nitrogens is 1. The Morgan fingerprint density at radius 2 is 2.19 bits per heavy atom. The Kier molecular flexibility index (Phi) is 3.22. The molecule has 0 spiro atoms. The van der Waals surface area contributed by atoms with Crippen molar-refractivity contribution in [1.29, 1.82) is 0 Å². The number of alkyl halides is 1. The van der Waals surface area contributed by atoms with E-state index < -0.39 is 5.60 Å². The minimum Gasteiger partial charge on any atom is -0.389 e. The minimum absolute atomic E-state index is 0.214. The zero-order valence-electron chi connectivity index (χ0n) is 13.7. The largest absolute Gasteiger partial charge is 0.389 e. The zero-order valence-corrected chi connectivity index (χ0v) is 14.4. The summed E-state index contributed by atoms with van der Waals surface area (Å²) in [5, 5.41) is 18.8. The van der Waals surface area contributed by atoms with Crippen LogP contribution in [0, 0.1) is 0 Å². The Morgan fingerprint density at radius 3 is 2.96 bits per heavy atom. The summed E-state index contributed by atoms with van der Waals surface area (Å²) in [4.78, 5) is 19.8. The number of hydrogen-bond donors (Lipinski definition) is 2. The van der Waals surface area contributed by atoms with E-state index >= 15 is 0 Å². The summed E-state index contributed by atoms with van der Waals surface area (Å²) >= 11 is 5.87. The highest BCUT2D eigenvalue weighted by Gasteiger charge is 2.41. The van der Waals surface area contributed by atoms with Crippen LogP contribution in [0.4, 0.5) is 0 Å². The quantitative estimate of drug-likeness (QED) is 0.531. The number of aromatic amines is 1. The lowest BCUT2D eigenvalue weighted by Crippen LogP contribution is -2.11. The number of aromatic nitrogens is 6. The summed E-state index contributed by atoms with van der Waals surface area (Å²) in [6.07, 6.45) is 5.42. The molecule has 3 heterocycles. The number of rotatable bonds is 4. The van der Waals surface area contributed by atoms with Gasteiger partial charge in [-0.25, -0.2) is 4.98 Å². The summed E-state index contributed by atoms with van der Waals surface area (Å²) in [6.45, 7) is 0. The second-order valence-electron chi connectivity index (χ2n) is 6.78. The third-order valence-electron chi connectivity index (χ3n) is 4.79. The normalized spacial score (nSPS) is 15.8. The van der Waals surface area contributed by atoms with Crippen LogP contribution < -0.4 is 5.56 Å². The fourth-order valence-electron chi connectivity index (χ4n) is 3.18. The van der Waals surface area contributed by atoms with Gasteiger partial charge in [0.25, 0.3) is 5.56 Å². The number of benzene rings is 1. The van der Waals surface area contributed by atoms with Crippen molar-refractivity contribution in [1.82, 2.24) is 29.4 Å². The lowest BCUT2D eigenvalue weighted by molar-refractivity contribution is 0.149.